The first-order valence-electron chi connectivity index (χ1n) is 7.79. The first kappa shape index (κ1) is 14.0. The van der Waals surface area contributed by atoms with E-state index in [-0.39, 0.29) is 6.10 Å². The van der Waals surface area contributed by atoms with Crippen molar-refractivity contribution in [3.8, 4) is 0 Å². The molecule has 3 rings (SSSR count). The molecule has 3 heterocycles. The van der Waals surface area contributed by atoms with Crippen LogP contribution < -0.4 is 0 Å². The fraction of sp³-hybridized carbons (Fsp3) is 0.800. The molecule has 1 aromatic heterocycles. The van der Waals surface area contributed by atoms with Crippen LogP contribution in [0.2, 0.25) is 0 Å². The van der Waals surface area contributed by atoms with Crippen molar-refractivity contribution in [2.24, 2.45) is 5.92 Å². The van der Waals surface area contributed by atoms with Gasteiger partial charge in [0.25, 0.3) is 0 Å². The summed E-state index contributed by atoms with van der Waals surface area (Å²) >= 11 is 0. The van der Waals surface area contributed by atoms with E-state index in [0.717, 1.165) is 38.8 Å². The van der Waals surface area contributed by atoms with Crippen LogP contribution in [0.4, 0.5) is 0 Å². The summed E-state index contributed by atoms with van der Waals surface area (Å²) in [5.41, 5.74) is 0. The van der Waals surface area contributed by atoms with Crippen LogP contribution in [0.25, 0.3) is 0 Å². The number of aryl methyl sites for hydroxylation is 1. The van der Waals surface area contributed by atoms with E-state index in [1.54, 1.807) is 0 Å². The van der Waals surface area contributed by atoms with E-state index in [9.17, 15) is 0 Å². The number of aromatic nitrogens is 2. The molecule has 112 valence electrons. The minimum absolute atomic E-state index is 0.282. The van der Waals surface area contributed by atoms with Gasteiger partial charge in [0.2, 0.25) is 0 Å². The van der Waals surface area contributed by atoms with Gasteiger partial charge in [-0.1, -0.05) is 0 Å². The molecular formula is C15H25N3O2. The first-order valence-corrected chi connectivity index (χ1v) is 7.79. The molecule has 20 heavy (non-hydrogen) atoms. The molecule has 1 aromatic rings. The van der Waals surface area contributed by atoms with Crippen molar-refractivity contribution in [3.05, 3.63) is 18.5 Å². The Hall–Kier alpha value is -0.910. The van der Waals surface area contributed by atoms with Gasteiger partial charge in [0.1, 0.15) is 0 Å². The predicted molar refractivity (Wildman–Crippen MR) is 76.6 cm³/mol. The number of hydrogen-bond acceptors (Lipinski definition) is 4. The lowest BCUT2D eigenvalue weighted by Gasteiger charge is -2.35. The zero-order chi connectivity index (χ0) is 13.6. The van der Waals surface area contributed by atoms with Gasteiger partial charge >= 0.3 is 0 Å². The molecule has 2 saturated heterocycles. The predicted octanol–water partition coefficient (Wildman–Crippen LogP) is 1.40. The maximum Gasteiger partial charge on any atom is 0.0936 e. The lowest BCUT2D eigenvalue weighted by molar-refractivity contribution is -0.0993. The highest BCUT2D eigenvalue weighted by Crippen LogP contribution is 2.21. The molecule has 5 heteroatoms. The molecule has 2 fully saturated rings. The van der Waals surface area contributed by atoms with Crippen LogP contribution in [0.15, 0.2) is 18.5 Å². The highest BCUT2D eigenvalue weighted by molar-refractivity contribution is 4.79. The number of hydrogen-bond donors (Lipinski definition) is 0. The minimum Gasteiger partial charge on any atom is -0.376 e. The Balaban J connectivity index is 1.34. The molecule has 1 atom stereocenters. The van der Waals surface area contributed by atoms with Crippen LogP contribution in [0.5, 0.6) is 0 Å². The molecule has 0 aliphatic carbocycles. The summed E-state index contributed by atoms with van der Waals surface area (Å²) in [6.07, 6.45) is 8.04. The lowest BCUT2D eigenvalue weighted by Crippen LogP contribution is -2.43. The summed E-state index contributed by atoms with van der Waals surface area (Å²) in [5, 5.41) is 4.27. The number of likely N-dealkylation sites (tertiary alicyclic amines) is 1. The van der Waals surface area contributed by atoms with Gasteiger partial charge < -0.3 is 14.4 Å². The Labute approximate surface area is 120 Å². The second kappa shape index (κ2) is 7.20. The Kier molecular flexibility index (Phi) is 5.06. The standard InChI is InChI=1S/C15H25N3O2/c1-5-16-18(6-1)9-4-14-2-7-17(8-3-14)12-15-13-19-10-11-20-15/h1,5-6,14-15H,2-4,7-13H2. The average molecular weight is 279 g/mol. The number of rotatable bonds is 5. The molecule has 0 N–H and O–H groups in total. The van der Waals surface area contributed by atoms with Crippen LogP contribution in [0, 0.1) is 5.92 Å². The minimum atomic E-state index is 0.282. The van der Waals surface area contributed by atoms with Gasteiger partial charge in [0.15, 0.2) is 0 Å². The van der Waals surface area contributed by atoms with Crippen molar-refractivity contribution >= 4 is 0 Å². The van der Waals surface area contributed by atoms with Crippen molar-refractivity contribution in [2.75, 3.05) is 39.5 Å². The van der Waals surface area contributed by atoms with E-state index in [0.29, 0.717) is 0 Å². The summed E-state index contributed by atoms with van der Waals surface area (Å²) < 4.78 is 13.2. The molecule has 0 saturated carbocycles. The third-order valence-corrected chi connectivity index (χ3v) is 4.38. The molecule has 0 aromatic carbocycles. The molecule has 0 radical (unpaired) electrons. The molecule has 2 aliphatic rings. The van der Waals surface area contributed by atoms with Crippen LogP contribution in [-0.4, -0.2) is 60.2 Å². The fourth-order valence-corrected chi connectivity index (χ4v) is 3.14. The van der Waals surface area contributed by atoms with Gasteiger partial charge in [0.05, 0.1) is 25.9 Å². The molecule has 0 amide bonds. The maximum atomic E-state index is 5.73. The Morgan fingerprint density at radius 3 is 2.80 bits per heavy atom. The number of piperidine rings is 1. The van der Waals surface area contributed by atoms with Gasteiger partial charge in [0, 0.05) is 25.5 Å². The van der Waals surface area contributed by atoms with E-state index in [2.05, 4.69) is 16.2 Å². The molecule has 2 aliphatic heterocycles. The van der Waals surface area contributed by atoms with E-state index in [1.807, 2.05) is 16.9 Å². The second-order valence-electron chi connectivity index (χ2n) is 5.87. The monoisotopic (exact) mass is 279 g/mol. The van der Waals surface area contributed by atoms with Crippen LogP contribution in [-0.2, 0) is 16.0 Å². The van der Waals surface area contributed by atoms with E-state index >= 15 is 0 Å². The summed E-state index contributed by atoms with van der Waals surface area (Å²) in [6.45, 7) is 6.76. The van der Waals surface area contributed by atoms with Crippen molar-refractivity contribution in [1.29, 1.82) is 0 Å². The molecule has 0 bridgehead atoms. The zero-order valence-corrected chi connectivity index (χ0v) is 12.1. The Morgan fingerprint density at radius 2 is 2.10 bits per heavy atom. The van der Waals surface area contributed by atoms with Crippen LogP contribution in [0.1, 0.15) is 19.3 Å². The SMILES string of the molecule is c1cnn(CCC2CCN(CC3COCCO3)CC2)c1. The third-order valence-electron chi connectivity index (χ3n) is 4.38. The van der Waals surface area contributed by atoms with Gasteiger partial charge in [-0.05, 0) is 44.3 Å². The summed E-state index contributed by atoms with van der Waals surface area (Å²) in [7, 11) is 0. The first-order chi connectivity index (χ1) is 9.90. The Morgan fingerprint density at radius 1 is 1.20 bits per heavy atom. The van der Waals surface area contributed by atoms with Gasteiger partial charge in [-0.15, -0.1) is 0 Å². The Bertz CT molecular complexity index is 368. The third kappa shape index (κ3) is 4.04. The smallest absolute Gasteiger partial charge is 0.0936 e. The topological polar surface area (TPSA) is 39.5 Å². The van der Waals surface area contributed by atoms with E-state index < -0.39 is 0 Å². The molecule has 5 nitrogen and oxygen atoms in total. The normalized spacial score (nSPS) is 25.9. The molecule has 0 spiro atoms. The summed E-state index contributed by atoms with van der Waals surface area (Å²) in [5.74, 6) is 0.846. The van der Waals surface area contributed by atoms with Crippen LogP contribution >= 0.6 is 0 Å². The second-order valence-corrected chi connectivity index (χ2v) is 5.87. The van der Waals surface area contributed by atoms with Crippen molar-refractivity contribution in [3.63, 3.8) is 0 Å². The maximum absolute atomic E-state index is 5.73. The van der Waals surface area contributed by atoms with E-state index in [1.165, 1.54) is 32.4 Å². The molecule has 1 unspecified atom stereocenters. The number of ether oxygens (including phenoxy) is 2. The van der Waals surface area contributed by atoms with Crippen molar-refractivity contribution in [1.82, 2.24) is 14.7 Å². The van der Waals surface area contributed by atoms with E-state index in [4.69, 9.17) is 9.47 Å². The average Bonchev–Trinajstić information content (AvgIpc) is 3.01. The van der Waals surface area contributed by atoms with Gasteiger partial charge in [-0.3, -0.25) is 4.68 Å². The summed E-state index contributed by atoms with van der Waals surface area (Å²) in [4.78, 5) is 2.53. The van der Waals surface area contributed by atoms with Gasteiger partial charge in [-0.2, -0.15) is 5.10 Å². The highest BCUT2D eigenvalue weighted by atomic mass is 16.6. The molecular weight excluding hydrogens is 254 g/mol. The number of nitrogens with zero attached hydrogens (tertiary/aromatic N) is 3. The summed E-state index contributed by atoms with van der Waals surface area (Å²) in [6, 6.07) is 1.99. The quantitative estimate of drug-likeness (QED) is 0.817. The highest BCUT2D eigenvalue weighted by Gasteiger charge is 2.23. The van der Waals surface area contributed by atoms with Gasteiger partial charge in [-0.25, -0.2) is 0 Å². The zero-order valence-electron chi connectivity index (χ0n) is 12.1. The lowest BCUT2D eigenvalue weighted by atomic mass is 9.93. The van der Waals surface area contributed by atoms with Crippen molar-refractivity contribution in [2.45, 2.75) is 31.9 Å². The van der Waals surface area contributed by atoms with Crippen molar-refractivity contribution < 1.29 is 9.47 Å². The van der Waals surface area contributed by atoms with Crippen LogP contribution in [0.3, 0.4) is 0 Å². The largest absolute Gasteiger partial charge is 0.376 e. The fourth-order valence-electron chi connectivity index (χ4n) is 3.14.